The zero-order valence-corrected chi connectivity index (χ0v) is 16.6. The van der Waals surface area contributed by atoms with Gasteiger partial charge in [-0.2, -0.15) is 13.2 Å². The third kappa shape index (κ3) is 3.96. The van der Waals surface area contributed by atoms with Gasteiger partial charge in [0.2, 0.25) is 5.91 Å². The minimum Gasteiger partial charge on any atom is -0.337 e. The number of fused-ring (bicyclic) bond motifs is 1. The highest BCUT2D eigenvalue weighted by Gasteiger charge is 2.41. The molecule has 8 heteroatoms. The summed E-state index contributed by atoms with van der Waals surface area (Å²) in [5.41, 5.74) is 2.31. The van der Waals surface area contributed by atoms with Crippen molar-refractivity contribution in [3.63, 3.8) is 0 Å². The van der Waals surface area contributed by atoms with Crippen LogP contribution in [0.3, 0.4) is 0 Å². The summed E-state index contributed by atoms with van der Waals surface area (Å²) in [6.07, 6.45) is -3.92. The Morgan fingerprint density at radius 2 is 1.75 bits per heavy atom. The Kier molecular flexibility index (Phi) is 5.34. The van der Waals surface area contributed by atoms with Crippen molar-refractivity contribution in [3.8, 4) is 0 Å². The Hall–Kier alpha value is -2.61. The molecule has 0 aliphatic rings. The van der Waals surface area contributed by atoms with Gasteiger partial charge in [0, 0.05) is 27.3 Å². The number of nitrogens with zero attached hydrogens (tertiary/aromatic N) is 1. The third-order valence-corrected chi connectivity index (χ3v) is 4.90. The molecule has 1 heterocycles. The van der Waals surface area contributed by atoms with Gasteiger partial charge in [0.05, 0.1) is 5.56 Å². The molecule has 0 spiro atoms. The number of carbonyl (C=O) groups excluding carboxylic acids is 2. The zero-order valence-electron chi connectivity index (χ0n) is 15.0. The fraction of sp³-hybridized carbons (Fsp3) is 0.200. The molecule has 28 heavy (non-hydrogen) atoms. The van der Waals surface area contributed by atoms with Crippen LogP contribution >= 0.6 is 15.9 Å². The van der Waals surface area contributed by atoms with E-state index in [-0.39, 0.29) is 11.9 Å². The molecule has 0 unspecified atom stereocenters. The SMILES string of the molecule is Cc1cccc(C)c1NC(=O)Cn1cc(C(=O)C(F)(F)F)c2cc(Br)ccc21. The maximum atomic E-state index is 13.0. The molecule has 1 N–H and O–H groups in total. The monoisotopic (exact) mass is 452 g/mol. The quantitative estimate of drug-likeness (QED) is 0.538. The molecule has 0 fully saturated rings. The largest absolute Gasteiger partial charge is 0.454 e. The number of halogens is 4. The highest BCUT2D eigenvalue weighted by Crippen LogP contribution is 2.30. The number of alkyl halides is 3. The lowest BCUT2D eigenvalue weighted by Gasteiger charge is -2.12. The van der Waals surface area contributed by atoms with Crippen LogP contribution in [0.5, 0.6) is 0 Å². The summed E-state index contributed by atoms with van der Waals surface area (Å²) in [6.45, 7) is 3.48. The first-order valence-corrected chi connectivity index (χ1v) is 9.13. The van der Waals surface area contributed by atoms with Gasteiger partial charge >= 0.3 is 6.18 Å². The molecule has 4 nitrogen and oxygen atoms in total. The number of benzene rings is 2. The van der Waals surface area contributed by atoms with Crippen molar-refractivity contribution in [2.24, 2.45) is 0 Å². The third-order valence-electron chi connectivity index (χ3n) is 4.40. The highest BCUT2D eigenvalue weighted by molar-refractivity contribution is 9.10. The Morgan fingerprint density at radius 3 is 2.36 bits per heavy atom. The Bertz CT molecular complexity index is 1070. The summed E-state index contributed by atoms with van der Waals surface area (Å²) in [4.78, 5) is 24.3. The molecular weight excluding hydrogens is 437 g/mol. The molecule has 0 aliphatic carbocycles. The Labute approximate surface area is 167 Å². The topological polar surface area (TPSA) is 51.1 Å². The van der Waals surface area contributed by atoms with Crippen LogP contribution in [0, 0.1) is 13.8 Å². The molecule has 0 aliphatic heterocycles. The van der Waals surface area contributed by atoms with Crippen molar-refractivity contribution >= 4 is 44.2 Å². The number of hydrogen-bond donors (Lipinski definition) is 1. The second kappa shape index (κ2) is 7.43. The molecule has 0 radical (unpaired) electrons. The minimum absolute atomic E-state index is 0.136. The van der Waals surface area contributed by atoms with Crippen molar-refractivity contribution in [1.29, 1.82) is 0 Å². The van der Waals surface area contributed by atoms with Crippen LogP contribution in [0.1, 0.15) is 21.5 Å². The number of aromatic nitrogens is 1. The van der Waals surface area contributed by atoms with Crippen LogP contribution in [0.4, 0.5) is 18.9 Å². The number of amides is 1. The lowest BCUT2D eigenvalue weighted by atomic mass is 10.1. The number of hydrogen-bond acceptors (Lipinski definition) is 2. The van der Waals surface area contributed by atoms with Crippen LogP contribution in [-0.2, 0) is 11.3 Å². The summed E-state index contributed by atoms with van der Waals surface area (Å²) in [5.74, 6) is -2.34. The van der Waals surface area contributed by atoms with Crippen molar-refractivity contribution in [2.75, 3.05) is 5.32 Å². The molecule has 0 bridgehead atoms. The molecule has 2 aromatic carbocycles. The maximum Gasteiger partial charge on any atom is 0.454 e. The summed E-state index contributed by atoms with van der Waals surface area (Å²) in [5, 5.41) is 2.93. The molecule has 3 aromatic rings. The molecule has 1 aromatic heterocycles. The molecular formula is C20H16BrF3N2O2. The van der Waals surface area contributed by atoms with Crippen LogP contribution in [0.2, 0.25) is 0 Å². The first-order valence-electron chi connectivity index (χ1n) is 8.34. The smallest absolute Gasteiger partial charge is 0.337 e. The average Bonchev–Trinajstić information content (AvgIpc) is 2.94. The van der Waals surface area contributed by atoms with E-state index < -0.39 is 23.4 Å². The summed E-state index contributed by atoms with van der Waals surface area (Å²) < 4.78 is 40.8. The number of Topliss-reactive ketones (excluding diaryl/α,β-unsaturated/α-hetero) is 1. The van der Waals surface area contributed by atoms with E-state index in [4.69, 9.17) is 0 Å². The van der Waals surface area contributed by atoms with Gasteiger partial charge in [0.1, 0.15) is 6.54 Å². The van der Waals surface area contributed by atoms with Gasteiger partial charge in [-0.25, -0.2) is 0 Å². The van der Waals surface area contributed by atoms with E-state index in [0.717, 1.165) is 17.3 Å². The van der Waals surface area contributed by atoms with Gasteiger partial charge in [-0.3, -0.25) is 9.59 Å². The highest BCUT2D eigenvalue weighted by atomic mass is 79.9. The van der Waals surface area contributed by atoms with Crippen LogP contribution in [0.15, 0.2) is 47.1 Å². The average molecular weight is 453 g/mol. The van der Waals surface area contributed by atoms with Gasteiger partial charge in [-0.1, -0.05) is 34.1 Å². The van der Waals surface area contributed by atoms with Crippen molar-refractivity contribution in [2.45, 2.75) is 26.6 Å². The van der Waals surface area contributed by atoms with E-state index in [9.17, 15) is 22.8 Å². The molecule has 0 saturated carbocycles. The van der Waals surface area contributed by atoms with Crippen LogP contribution in [-0.4, -0.2) is 22.4 Å². The number of aryl methyl sites for hydroxylation is 2. The number of rotatable bonds is 4. The number of para-hydroxylation sites is 1. The van der Waals surface area contributed by atoms with Crippen molar-refractivity contribution < 1.29 is 22.8 Å². The zero-order chi connectivity index (χ0) is 20.6. The summed E-state index contributed by atoms with van der Waals surface area (Å²) in [6, 6.07) is 10.2. The van der Waals surface area contributed by atoms with Gasteiger partial charge in [-0.15, -0.1) is 0 Å². The molecule has 146 valence electrons. The first kappa shape index (κ1) is 20.1. The fourth-order valence-corrected chi connectivity index (χ4v) is 3.44. The van der Waals surface area contributed by atoms with E-state index in [1.54, 1.807) is 12.1 Å². The summed E-state index contributed by atoms with van der Waals surface area (Å²) >= 11 is 3.21. The van der Waals surface area contributed by atoms with E-state index in [1.807, 2.05) is 32.0 Å². The fourth-order valence-electron chi connectivity index (χ4n) is 3.08. The number of carbonyl (C=O) groups is 2. The maximum absolute atomic E-state index is 13.0. The number of anilines is 1. The normalized spacial score (nSPS) is 11.6. The lowest BCUT2D eigenvalue weighted by molar-refractivity contribution is -0.116. The Morgan fingerprint density at radius 1 is 1.11 bits per heavy atom. The van der Waals surface area contributed by atoms with E-state index >= 15 is 0 Å². The van der Waals surface area contributed by atoms with Gasteiger partial charge in [-0.05, 0) is 43.2 Å². The van der Waals surface area contributed by atoms with Crippen LogP contribution < -0.4 is 5.32 Å². The van der Waals surface area contributed by atoms with Gasteiger partial charge < -0.3 is 9.88 Å². The van der Waals surface area contributed by atoms with Crippen LogP contribution in [0.25, 0.3) is 10.9 Å². The lowest BCUT2D eigenvalue weighted by Crippen LogP contribution is -2.22. The second-order valence-electron chi connectivity index (χ2n) is 6.47. The molecule has 0 saturated heterocycles. The predicted octanol–water partition coefficient (Wildman–Crippen LogP) is 5.40. The number of nitrogens with one attached hydrogen (secondary N) is 1. The van der Waals surface area contributed by atoms with E-state index in [2.05, 4.69) is 21.2 Å². The van der Waals surface area contributed by atoms with E-state index in [1.165, 1.54) is 10.6 Å². The summed E-state index contributed by atoms with van der Waals surface area (Å²) in [7, 11) is 0. The van der Waals surface area contributed by atoms with E-state index in [0.29, 0.717) is 15.7 Å². The van der Waals surface area contributed by atoms with Crippen molar-refractivity contribution in [1.82, 2.24) is 4.57 Å². The van der Waals surface area contributed by atoms with Gasteiger partial charge in [0.25, 0.3) is 5.78 Å². The number of ketones is 1. The molecule has 1 amide bonds. The second-order valence-corrected chi connectivity index (χ2v) is 7.39. The predicted molar refractivity (Wildman–Crippen MR) is 105 cm³/mol. The Balaban J connectivity index is 1.97. The molecule has 3 rings (SSSR count). The standard InChI is InChI=1S/C20H16BrF3N2O2/c1-11-4-3-5-12(2)18(11)25-17(27)10-26-9-15(19(28)20(22,23)24)14-8-13(21)6-7-16(14)26/h3-9H,10H2,1-2H3,(H,25,27). The molecule has 0 atom stereocenters. The van der Waals surface area contributed by atoms with Crippen molar-refractivity contribution in [3.05, 3.63) is 63.8 Å². The first-order chi connectivity index (χ1) is 13.1. The van der Waals surface area contributed by atoms with Gasteiger partial charge in [0.15, 0.2) is 0 Å². The minimum atomic E-state index is -5.00.